The number of halogens is 1. The van der Waals surface area contributed by atoms with Crippen molar-refractivity contribution in [3.05, 3.63) is 65.7 Å². The lowest BCUT2D eigenvalue weighted by atomic mass is 9.77. The predicted octanol–water partition coefficient (Wildman–Crippen LogP) is 4.15. The number of likely N-dealkylation sites (N-methyl/N-ethyl adjacent to an activating group) is 1. The van der Waals surface area contributed by atoms with Gasteiger partial charge in [-0.2, -0.15) is 0 Å². The average Bonchev–Trinajstić information content (AvgIpc) is 3.89. The number of ether oxygens (including phenoxy) is 7. The maximum absolute atomic E-state index is 15.0. The van der Waals surface area contributed by atoms with Gasteiger partial charge < -0.3 is 68.5 Å². The van der Waals surface area contributed by atoms with E-state index in [-0.39, 0.29) is 56.6 Å². The molecular formula is C58H96FN6O13+. The second-order valence-electron chi connectivity index (χ2n) is 23.8. The van der Waals surface area contributed by atoms with Gasteiger partial charge in [0.2, 0.25) is 0 Å². The van der Waals surface area contributed by atoms with Crippen molar-refractivity contribution in [2.75, 3.05) is 54.7 Å². The largest absolute Gasteiger partial charge is 0.459 e. The number of aliphatic hydroxyl groups is 5. The fourth-order valence-corrected chi connectivity index (χ4v) is 12.5. The van der Waals surface area contributed by atoms with E-state index >= 15 is 0 Å². The molecule has 0 aliphatic carbocycles. The second-order valence-corrected chi connectivity index (χ2v) is 23.8. The number of hydrazine groups is 1. The number of hydrogen-bond acceptors (Lipinski definition) is 18. The van der Waals surface area contributed by atoms with E-state index in [1.54, 1.807) is 59.0 Å². The van der Waals surface area contributed by atoms with Crippen molar-refractivity contribution in [2.45, 2.75) is 211 Å². The Bertz CT molecular complexity index is 2210. The molecule has 0 spiro atoms. The number of esters is 1. The summed E-state index contributed by atoms with van der Waals surface area (Å²) in [4.78, 5) is 23.1. The summed E-state index contributed by atoms with van der Waals surface area (Å²) in [5.74, 6) is -2.46. The molecule has 4 aliphatic rings. The van der Waals surface area contributed by atoms with Gasteiger partial charge in [-0.15, -0.1) is 0 Å². The predicted molar refractivity (Wildman–Crippen MR) is 291 cm³/mol. The van der Waals surface area contributed by atoms with Crippen LogP contribution in [0.1, 0.15) is 125 Å². The van der Waals surface area contributed by atoms with Crippen molar-refractivity contribution >= 4 is 5.97 Å². The van der Waals surface area contributed by atoms with Crippen molar-refractivity contribution in [2.24, 2.45) is 17.8 Å². The molecule has 0 amide bonds. The Morgan fingerprint density at radius 2 is 1.67 bits per heavy atom. The van der Waals surface area contributed by atoms with E-state index in [4.69, 9.17) is 33.2 Å². The lowest BCUT2D eigenvalue weighted by Crippen LogP contribution is -2.91. The van der Waals surface area contributed by atoms with Crippen LogP contribution in [-0.4, -0.2) is 196 Å². The van der Waals surface area contributed by atoms with Gasteiger partial charge in [0, 0.05) is 69.9 Å². The first-order valence-electron chi connectivity index (χ1n) is 28.2. The summed E-state index contributed by atoms with van der Waals surface area (Å²) in [5, 5.41) is 58.7. The number of alkyl halides is 1. The van der Waals surface area contributed by atoms with Gasteiger partial charge in [-0.3, -0.25) is 14.8 Å². The van der Waals surface area contributed by atoms with Crippen LogP contribution in [0, 0.1) is 17.8 Å². The molecule has 1 aromatic carbocycles. The summed E-state index contributed by atoms with van der Waals surface area (Å²) in [5.41, 5.74) is 5.12. The van der Waals surface area contributed by atoms with E-state index in [9.17, 15) is 34.7 Å². The zero-order valence-corrected chi connectivity index (χ0v) is 48.9. The van der Waals surface area contributed by atoms with Crippen LogP contribution in [0.15, 0.2) is 54.5 Å². The number of nitrogens with two attached hydrogens (primary N) is 1. The fraction of sp³-hybridized carbons (Fsp3) is 0.759. The molecule has 19 nitrogen and oxygen atoms in total. The summed E-state index contributed by atoms with van der Waals surface area (Å²) >= 11 is 0. The molecule has 1 unspecified atom stereocenters. The number of nitrogens with one attached hydrogen (secondary N) is 1. The number of nitrogens with zero attached hydrogens (tertiary/aromatic N) is 4. The minimum Gasteiger partial charge on any atom is -0.459 e. The van der Waals surface area contributed by atoms with Crippen molar-refractivity contribution in [3.8, 4) is 11.1 Å². The fourth-order valence-electron chi connectivity index (χ4n) is 12.5. The molecule has 78 heavy (non-hydrogen) atoms. The van der Waals surface area contributed by atoms with Crippen LogP contribution in [0.2, 0.25) is 0 Å². The second kappa shape index (κ2) is 27.7. The minimum atomic E-state index is -1.81. The molecular weight excluding hydrogens is 1010 g/mol. The Hall–Kier alpha value is -3.29. The third-order valence-corrected chi connectivity index (χ3v) is 17.4. The number of aromatic nitrogens is 1. The highest BCUT2D eigenvalue weighted by atomic mass is 19.1. The quantitative estimate of drug-likeness (QED) is 0.0821. The smallest absolute Gasteiger partial charge is 0.311 e. The maximum atomic E-state index is 15.0. The normalized spacial score (nSPS) is 37.8. The summed E-state index contributed by atoms with van der Waals surface area (Å²) in [6, 6.07) is 10.4. The molecule has 5 heterocycles. The molecule has 0 saturated carbocycles. The average molecular weight is 1100 g/mol. The molecule has 1 aromatic heterocycles. The highest BCUT2D eigenvalue weighted by Gasteiger charge is 2.52. The Kier molecular flexibility index (Phi) is 22.6. The molecule has 8 N–H and O–H groups in total. The van der Waals surface area contributed by atoms with E-state index in [1.165, 1.54) is 14.0 Å². The molecule has 3 fully saturated rings. The SMILES string of the molecule is CC[C@H]1OC(=O)[C@H](C)[C@@H](OC2C[C@@](C)(OC)[C@@H](O)[C@H](C)O2)[C@H](C)[C@@H](OC[C@H]2C[C@@H](N(C)CCC3=CN([C@H](CF)[C@H](OC)c4ccc(-c5ccc(CO)nc5)cc4)N[NH2+]3)C[C@@H](C)O2)[C@](C)(O)C[C@@H](C)CN(C)[C@H](C)[C@@H](O)[C@]1(C)O. The zero-order valence-electron chi connectivity index (χ0n) is 48.9. The van der Waals surface area contributed by atoms with Crippen LogP contribution in [0.3, 0.4) is 0 Å². The minimum absolute atomic E-state index is 0.104. The van der Waals surface area contributed by atoms with Crippen molar-refractivity contribution in [1.29, 1.82) is 0 Å². The van der Waals surface area contributed by atoms with E-state index < -0.39 is 102 Å². The number of methoxy groups -OCH3 is 2. The zero-order chi connectivity index (χ0) is 57.4. The topological polar surface area (TPSA) is 234 Å². The number of carbonyl (C=O) groups excluding carboxylic acids is 1. The van der Waals surface area contributed by atoms with Crippen molar-refractivity contribution in [1.82, 2.24) is 25.3 Å². The van der Waals surface area contributed by atoms with Crippen molar-refractivity contribution in [3.63, 3.8) is 0 Å². The first kappa shape index (κ1) is 63.9. The van der Waals surface area contributed by atoms with Gasteiger partial charge in [-0.1, -0.05) is 56.6 Å². The number of aliphatic hydroxyl groups excluding tert-OH is 3. The molecule has 19 atom stereocenters. The number of cyclic esters (lactones) is 1. The van der Waals surface area contributed by atoms with E-state index in [0.29, 0.717) is 31.6 Å². The lowest BCUT2D eigenvalue weighted by Gasteiger charge is -2.47. The number of quaternary nitrogens is 1. The van der Waals surface area contributed by atoms with Crippen LogP contribution < -0.4 is 11.0 Å². The molecule has 3 saturated heterocycles. The number of benzene rings is 1. The highest BCUT2D eigenvalue weighted by molar-refractivity contribution is 5.73. The number of carbonyl (C=O) groups is 1. The summed E-state index contributed by atoms with van der Waals surface area (Å²) in [6.45, 7) is 18.6. The molecule has 6 rings (SSSR count). The molecule has 0 bridgehead atoms. The van der Waals surface area contributed by atoms with Crippen LogP contribution in [0.5, 0.6) is 0 Å². The van der Waals surface area contributed by atoms with E-state index in [0.717, 1.165) is 28.8 Å². The molecule has 2 aromatic rings. The number of pyridine rings is 1. The van der Waals surface area contributed by atoms with E-state index in [1.807, 2.05) is 74.7 Å². The van der Waals surface area contributed by atoms with Crippen LogP contribution in [0.4, 0.5) is 4.39 Å². The van der Waals surface area contributed by atoms with Crippen LogP contribution in [0.25, 0.3) is 11.1 Å². The first-order chi connectivity index (χ1) is 36.8. The van der Waals surface area contributed by atoms with Gasteiger partial charge >= 0.3 is 5.97 Å². The Balaban J connectivity index is 1.18. The lowest BCUT2D eigenvalue weighted by molar-refractivity contribution is -0.679. The Morgan fingerprint density at radius 1 is 0.974 bits per heavy atom. The monoisotopic (exact) mass is 1100 g/mol. The molecule has 442 valence electrons. The molecule has 20 heteroatoms. The maximum Gasteiger partial charge on any atom is 0.311 e. The number of hydrogen-bond donors (Lipinski definition) is 7. The third kappa shape index (κ3) is 15.2. The van der Waals surface area contributed by atoms with Crippen LogP contribution in [-0.2, 0) is 44.6 Å². The van der Waals surface area contributed by atoms with Crippen LogP contribution >= 0.6 is 0 Å². The summed E-state index contributed by atoms with van der Waals surface area (Å²) in [7, 11) is 7.08. The van der Waals surface area contributed by atoms with Gasteiger partial charge in [-0.25, -0.2) is 9.82 Å². The Morgan fingerprint density at radius 3 is 2.28 bits per heavy atom. The number of rotatable bonds is 18. The summed E-state index contributed by atoms with van der Waals surface area (Å²) < 4.78 is 59.5. The van der Waals surface area contributed by atoms with Gasteiger partial charge in [0.25, 0.3) is 0 Å². The third-order valence-electron chi connectivity index (χ3n) is 17.4. The molecule has 4 aliphatic heterocycles. The standard InChI is InChI=1S/C58H95FN6O13/c1-15-48-58(10,71)52(67)38(6)64(12)30-34(2)26-56(8,70)54(36(4)50(37(5)55(69)77-48)78-49-27-57(9,73-14)53(68)39(7)76-49)74-33-46-25-45(24-35(3)75-46)63(11)23-22-43-31-65(62-61-43)47(28-59)51(72-13)41-18-16-40(17-19-41)42-20-21-44(32-66)60-29-42/h16-21,29,31,34-39,45-54,61-62,66-68,70-71H,15,22-28,30,32-33H2,1-14H3/p+1/t34-,35-,36+,37-,38-,39+,45+,46-,47-,48-,49?,50+,51-,52-,53+,54-,56-,57-,58-/m1/s1. The van der Waals surface area contributed by atoms with Crippen molar-refractivity contribution < 1.29 is 73.3 Å². The van der Waals surface area contributed by atoms with E-state index in [2.05, 4.69) is 29.4 Å². The Labute approximate surface area is 463 Å². The highest BCUT2D eigenvalue weighted by Crippen LogP contribution is 2.40. The van der Waals surface area contributed by atoms with Gasteiger partial charge in [0.1, 0.15) is 48.4 Å². The molecule has 0 radical (unpaired) electrons. The van der Waals surface area contributed by atoms with Gasteiger partial charge in [0.15, 0.2) is 6.29 Å². The van der Waals surface area contributed by atoms with Gasteiger partial charge in [-0.05, 0) is 111 Å². The van der Waals surface area contributed by atoms with Gasteiger partial charge in [0.05, 0.1) is 72.7 Å². The first-order valence-corrected chi connectivity index (χ1v) is 28.2. The summed E-state index contributed by atoms with van der Waals surface area (Å²) in [6.07, 6.45) is -1.41.